The van der Waals surface area contributed by atoms with Gasteiger partial charge < -0.3 is 10.1 Å². The number of thiophene rings is 1. The highest BCUT2D eigenvalue weighted by Crippen LogP contribution is 2.39. The highest BCUT2D eigenvalue weighted by Gasteiger charge is 2.29. The van der Waals surface area contributed by atoms with Crippen LogP contribution in [-0.2, 0) is 27.2 Å². The van der Waals surface area contributed by atoms with Crippen LogP contribution in [0.1, 0.15) is 32.8 Å². The lowest BCUT2D eigenvalue weighted by molar-refractivity contribution is -0.136. The lowest BCUT2D eigenvalue weighted by Crippen LogP contribution is -2.32. The quantitative estimate of drug-likeness (QED) is 0.363. The first-order valence-electron chi connectivity index (χ1n) is 8.13. The molecular weight excluding hydrogens is 373 g/mol. The zero-order valence-electron chi connectivity index (χ0n) is 14.4. The van der Waals surface area contributed by atoms with E-state index >= 15 is 0 Å². The van der Waals surface area contributed by atoms with E-state index in [0.29, 0.717) is 5.56 Å². The SMILES string of the molecule is COC(=O)c1c(NC(=O)C(=O)NN=Cc2ccccc2F)sc2c1CCC2. The Labute approximate surface area is 158 Å². The van der Waals surface area contributed by atoms with Gasteiger partial charge in [-0.15, -0.1) is 11.3 Å². The highest BCUT2D eigenvalue weighted by atomic mass is 32.1. The number of halogens is 1. The first-order chi connectivity index (χ1) is 13.0. The molecule has 0 fully saturated rings. The van der Waals surface area contributed by atoms with Gasteiger partial charge in [-0.05, 0) is 30.9 Å². The lowest BCUT2D eigenvalue weighted by Gasteiger charge is -2.06. The second-order valence-corrected chi connectivity index (χ2v) is 6.83. The second kappa shape index (κ2) is 8.09. The summed E-state index contributed by atoms with van der Waals surface area (Å²) in [5.74, 6) is -3.07. The van der Waals surface area contributed by atoms with Crippen molar-refractivity contribution in [1.82, 2.24) is 5.43 Å². The number of rotatable bonds is 4. The molecule has 0 saturated carbocycles. The summed E-state index contributed by atoms with van der Waals surface area (Å²) in [4.78, 5) is 37.0. The van der Waals surface area contributed by atoms with Crippen LogP contribution in [0.4, 0.5) is 9.39 Å². The topological polar surface area (TPSA) is 96.9 Å². The fourth-order valence-electron chi connectivity index (χ4n) is 2.76. The molecule has 0 spiro atoms. The molecule has 3 rings (SSSR count). The number of hydrogen-bond acceptors (Lipinski definition) is 6. The molecule has 2 amide bonds. The van der Waals surface area contributed by atoms with Crippen LogP contribution >= 0.6 is 11.3 Å². The monoisotopic (exact) mass is 389 g/mol. The van der Waals surface area contributed by atoms with Gasteiger partial charge >= 0.3 is 17.8 Å². The maximum Gasteiger partial charge on any atom is 0.341 e. The molecule has 0 radical (unpaired) electrons. The van der Waals surface area contributed by atoms with Crippen molar-refractivity contribution < 1.29 is 23.5 Å². The number of fused-ring (bicyclic) bond motifs is 1. The van der Waals surface area contributed by atoms with Crippen LogP contribution in [0.15, 0.2) is 29.4 Å². The smallest absolute Gasteiger partial charge is 0.341 e. The van der Waals surface area contributed by atoms with Crippen LogP contribution in [0.2, 0.25) is 0 Å². The molecular formula is C18H16FN3O4S. The predicted octanol–water partition coefficient (Wildman–Crippen LogP) is 2.25. The average molecular weight is 389 g/mol. The Balaban J connectivity index is 1.68. The van der Waals surface area contributed by atoms with Gasteiger partial charge in [0.1, 0.15) is 10.8 Å². The zero-order valence-corrected chi connectivity index (χ0v) is 15.2. The van der Waals surface area contributed by atoms with Crippen LogP contribution in [0.3, 0.4) is 0 Å². The van der Waals surface area contributed by atoms with Gasteiger partial charge in [0.05, 0.1) is 18.9 Å². The number of carbonyl (C=O) groups is 3. The molecule has 0 bridgehead atoms. The van der Waals surface area contributed by atoms with Gasteiger partial charge in [-0.25, -0.2) is 14.6 Å². The van der Waals surface area contributed by atoms with Crippen LogP contribution in [0, 0.1) is 5.82 Å². The molecule has 0 aliphatic heterocycles. The molecule has 27 heavy (non-hydrogen) atoms. The molecule has 1 aromatic heterocycles. The summed E-state index contributed by atoms with van der Waals surface area (Å²) < 4.78 is 18.3. The number of nitrogens with zero attached hydrogens (tertiary/aromatic N) is 1. The maximum atomic E-state index is 13.5. The third-order valence-electron chi connectivity index (χ3n) is 4.02. The number of esters is 1. The van der Waals surface area contributed by atoms with E-state index < -0.39 is 23.6 Å². The van der Waals surface area contributed by atoms with E-state index in [1.165, 1.54) is 36.6 Å². The second-order valence-electron chi connectivity index (χ2n) is 5.73. The van der Waals surface area contributed by atoms with Gasteiger partial charge in [0.25, 0.3) is 0 Å². The van der Waals surface area contributed by atoms with E-state index in [1.54, 1.807) is 6.07 Å². The number of ether oxygens (including phenoxy) is 1. The number of hydrazone groups is 1. The predicted molar refractivity (Wildman–Crippen MR) is 98.4 cm³/mol. The first-order valence-corrected chi connectivity index (χ1v) is 8.94. The summed E-state index contributed by atoms with van der Waals surface area (Å²) in [6.45, 7) is 0. The Bertz CT molecular complexity index is 939. The number of carbonyl (C=O) groups excluding carboxylic acids is 3. The Morgan fingerprint density at radius 3 is 2.74 bits per heavy atom. The van der Waals surface area contributed by atoms with Crippen molar-refractivity contribution in [2.24, 2.45) is 5.10 Å². The summed E-state index contributed by atoms with van der Waals surface area (Å²) in [6.07, 6.45) is 3.58. The molecule has 1 aliphatic rings. The van der Waals surface area contributed by atoms with Gasteiger partial charge in [0, 0.05) is 10.4 Å². The van der Waals surface area contributed by atoms with Gasteiger partial charge in [-0.1, -0.05) is 18.2 Å². The maximum absolute atomic E-state index is 13.5. The summed E-state index contributed by atoms with van der Waals surface area (Å²) in [5.41, 5.74) is 3.36. The van der Waals surface area contributed by atoms with Crippen molar-refractivity contribution in [3.05, 3.63) is 51.7 Å². The number of amides is 2. The summed E-state index contributed by atoms with van der Waals surface area (Å²) in [6, 6.07) is 5.86. The number of aryl methyl sites for hydroxylation is 1. The van der Waals surface area contributed by atoms with E-state index in [-0.39, 0.29) is 10.6 Å². The van der Waals surface area contributed by atoms with Gasteiger partial charge in [-0.3, -0.25) is 9.59 Å². The minimum Gasteiger partial charge on any atom is -0.465 e. The number of benzene rings is 1. The fraction of sp³-hybridized carbons (Fsp3) is 0.222. The van der Waals surface area contributed by atoms with E-state index in [0.717, 1.165) is 35.9 Å². The van der Waals surface area contributed by atoms with E-state index in [9.17, 15) is 18.8 Å². The standard InChI is InChI=1S/C18H16FN3O4S/c1-26-18(25)14-11-6-4-8-13(11)27-17(14)21-15(23)16(24)22-20-9-10-5-2-3-7-12(10)19/h2-3,5,7,9H,4,6,8H2,1H3,(H,21,23)(H,22,24). The number of nitrogens with one attached hydrogen (secondary N) is 2. The lowest BCUT2D eigenvalue weighted by atomic mass is 10.1. The van der Waals surface area contributed by atoms with Crippen molar-refractivity contribution >= 4 is 40.3 Å². The van der Waals surface area contributed by atoms with E-state index in [1.807, 2.05) is 5.43 Å². The van der Waals surface area contributed by atoms with Crippen molar-refractivity contribution in [2.45, 2.75) is 19.3 Å². The molecule has 9 heteroatoms. The molecule has 1 heterocycles. The van der Waals surface area contributed by atoms with E-state index in [2.05, 4.69) is 10.4 Å². The molecule has 2 N–H and O–H groups in total. The van der Waals surface area contributed by atoms with Crippen LogP contribution in [0.25, 0.3) is 0 Å². The highest BCUT2D eigenvalue weighted by molar-refractivity contribution is 7.17. The fourth-order valence-corrected chi connectivity index (χ4v) is 4.03. The Hall–Kier alpha value is -3.07. The largest absolute Gasteiger partial charge is 0.465 e. The van der Waals surface area contributed by atoms with Crippen molar-refractivity contribution in [3.63, 3.8) is 0 Å². The summed E-state index contributed by atoms with van der Waals surface area (Å²) >= 11 is 1.26. The van der Waals surface area contributed by atoms with Crippen LogP contribution in [-0.4, -0.2) is 31.1 Å². The molecule has 0 unspecified atom stereocenters. The van der Waals surface area contributed by atoms with Crippen LogP contribution < -0.4 is 10.7 Å². The van der Waals surface area contributed by atoms with Gasteiger partial charge in [-0.2, -0.15) is 5.10 Å². The molecule has 140 valence electrons. The Morgan fingerprint density at radius 2 is 2.00 bits per heavy atom. The number of hydrogen-bond donors (Lipinski definition) is 2. The molecule has 2 aromatic rings. The Morgan fingerprint density at radius 1 is 1.22 bits per heavy atom. The van der Waals surface area contributed by atoms with Crippen molar-refractivity contribution in [2.75, 3.05) is 12.4 Å². The first kappa shape index (κ1) is 18.7. The molecule has 7 nitrogen and oxygen atoms in total. The van der Waals surface area contributed by atoms with Crippen LogP contribution in [0.5, 0.6) is 0 Å². The third-order valence-corrected chi connectivity index (χ3v) is 5.23. The van der Waals surface area contributed by atoms with E-state index in [4.69, 9.17) is 4.74 Å². The average Bonchev–Trinajstić information content (AvgIpc) is 3.23. The normalized spacial score (nSPS) is 12.7. The summed E-state index contributed by atoms with van der Waals surface area (Å²) in [7, 11) is 1.26. The third kappa shape index (κ3) is 4.03. The van der Waals surface area contributed by atoms with Gasteiger partial charge in [0.15, 0.2) is 0 Å². The summed E-state index contributed by atoms with van der Waals surface area (Å²) in [5, 5.41) is 6.29. The molecule has 1 aromatic carbocycles. The molecule has 0 atom stereocenters. The minimum atomic E-state index is -1.04. The van der Waals surface area contributed by atoms with Crippen molar-refractivity contribution in [3.8, 4) is 0 Å². The Kier molecular flexibility index (Phi) is 5.60. The zero-order chi connectivity index (χ0) is 19.4. The molecule has 1 aliphatic carbocycles. The van der Waals surface area contributed by atoms with Crippen molar-refractivity contribution in [1.29, 1.82) is 0 Å². The number of methoxy groups -OCH3 is 1. The van der Waals surface area contributed by atoms with Gasteiger partial charge in [0.2, 0.25) is 0 Å². The molecule has 0 saturated heterocycles. The number of anilines is 1. The minimum absolute atomic E-state index is 0.167.